The lowest BCUT2D eigenvalue weighted by atomic mass is 10.2. The molecule has 0 fully saturated rings. The molecular formula is C18H27Cl2NO3. The van der Waals surface area contributed by atoms with Crippen LogP contribution in [0.1, 0.15) is 49.9 Å². The Labute approximate surface area is 155 Å². The molecule has 1 rings (SSSR count). The van der Waals surface area contributed by atoms with Gasteiger partial charge in [0.25, 0.3) is 0 Å². The van der Waals surface area contributed by atoms with Crippen LogP contribution in [-0.4, -0.2) is 44.2 Å². The van der Waals surface area contributed by atoms with E-state index in [2.05, 4.69) is 18.7 Å². The van der Waals surface area contributed by atoms with Crippen molar-refractivity contribution < 1.29 is 14.3 Å². The Kier molecular flexibility index (Phi) is 10.2. The molecule has 1 aromatic carbocycles. The molecule has 24 heavy (non-hydrogen) atoms. The Morgan fingerprint density at radius 1 is 1.04 bits per heavy atom. The van der Waals surface area contributed by atoms with Crippen LogP contribution in [0.15, 0.2) is 12.1 Å². The Morgan fingerprint density at radius 3 is 2.17 bits per heavy atom. The molecule has 0 amide bonds. The Bertz CT molecular complexity index is 515. The highest BCUT2D eigenvalue weighted by Crippen LogP contribution is 2.34. The van der Waals surface area contributed by atoms with Crippen LogP contribution in [-0.2, 0) is 4.74 Å². The summed E-state index contributed by atoms with van der Waals surface area (Å²) in [5, 5.41) is 0.608. The van der Waals surface area contributed by atoms with Crippen LogP contribution in [0.5, 0.6) is 5.75 Å². The maximum absolute atomic E-state index is 12.3. The van der Waals surface area contributed by atoms with E-state index in [0.29, 0.717) is 18.2 Å². The first-order chi connectivity index (χ1) is 11.5. The molecule has 0 aliphatic heterocycles. The predicted molar refractivity (Wildman–Crippen MR) is 99.6 cm³/mol. The first kappa shape index (κ1) is 21.1. The Balaban J connectivity index is 2.63. The topological polar surface area (TPSA) is 38.8 Å². The molecular weight excluding hydrogens is 349 g/mol. The molecule has 0 spiro atoms. The van der Waals surface area contributed by atoms with E-state index < -0.39 is 5.97 Å². The minimum absolute atomic E-state index is 0.181. The number of rotatable bonds is 11. The molecule has 0 heterocycles. The molecule has 0 aliphatic rings. The zero-order valence-corrected chi connectivity index (χ0v) is 16.3. The van der Waals surface area contributed by atoms with Crippen molar-refractivity contribution in [2.24, 2.45) is 0 Å². The number of unbranched alkanes of at least 4 members (excludes halogenated alkanes) is 2. The highest BCUT2D eigenvalue weighted by Gasteiger charge is 2.21. The number of carbonyl (C=O) groups is 1. The van der Waals surface area contributed by atoms with Gasteiger partial charge in [-0.3, -0.25) is 4.90 Å². The van der Waals surface area contributed by atoms with Crippen molar-refractivity contribution >= 4 is 29.2 Å². The van der Waals surface area contributed by atoms with Crippen molar-refractivity contribution in [1.82, 2.24) is 4.90 Å². The fourth-order valence-electron chi connectivity index (χ4n) is 2.36. The summed E-state index contributed by atoms with van der Waals surface area (Å²) in [5.41, 5.74) is 0.181. The van der Waals surface area contributed by atoms with Gasteiger partial charge in [-0.25, -0.2) is 4.79 Å². The molecule has 0 atom stereocenters. The second-order valence-corrected chi connectivity index (χ2v) is 6.44. The van der Waals surface area contributed by atoms with Gasteiger partial charge in [-0.2, -0.15) is 0 Å². The molecule has 1 aromatic rings. The summed E-state index contributed by atoms with van der Waals surface area (Å²) in [4.78, 5) is 14.7. The third-order valence-electron chi connectivity index (χ3n) is 3.76. The van der Waals surface area contributed by atoms with Gasteiger partial charge < -0.3 is 9.47 Å². The van der Waals surface area contributed by atoms with Crippen LogP contribution in [0.2, 0.25) is 10.0 Å². The maximum atomic E-state index is 12.3. The second kappa shape index (κ2) is 11.6. The summed E-state index contributed by atoms with van der Waals surface area (Å²) in [6.45, 7) is 7.42. The average Bonchev–Trinajstić information content (AvgIpc) is 2.58. The number of carbonyl (C=O) groups excluding carboxylic acids is 1. The monoisotopic (exact) mass is 375 g/mol. The number of benzene rings is 1. The van der Waals surface area contributed by atoms with Crippen LogP contribution in [0, 0.1) is 0 Å². The van der Waals surface area contributed by atoms with Gasteiger partial charge >= 0.3 is 5.97 Å². The zero-order chi connectivity index (χ0) is 17.9. The Hall–Kier alpha value is -0.970. The van der Waals surface area contributed by atoms with Crippen molar-refractivity contribution in [3.05, 3.63) is 27.7 Å². The molecule has 0 N–H and O–H groups in total. The normalized spacial score (nSPS) is 10.9. The van der Waals surface area contributed by atoms with E-state index in [1.807, 2.05) is 0 Å². The van der Waals surface area contributed by atoms with E-state index in [4.69, 9.17) is 32.7 Å². The highest BCUT2D eigenvalue weighted by molar-refractivity contribution is 6.37. The molecule has 136 valence electrons. The largest absolute Gasteiger partial charge is 0.494 e. The van der Waals surface area contributed by atoms with Crippen LogP contribution >= 0.6 is 23.2 Å². The molecule has 0 saturated heterocycles. The van der Waals surface area contributed by atoms with Crippen molar-refractivity contribution in [3.8, 4) is 5.75 Å². The SMILES string of the molecule is CCCCN(CCCC)CCOC(=O)c1c(Cl)ccc(Cl)c1OC. The highest BCUT2D eigenvalue weighted by atomic mass is 35.5. The zero-order valence-electron chi connectivity index (χ0n) is 14.7. The quantitative estimate of drug-likeness (QED) is 0.506. The first-order valence-electron chi connectivity index (χ1n) is 8.46. The molecule has 0 unspecified atom stereocenters. The summed E-state index contributed by atoms with van der Waals surface area (Å²) >= 11 is 12.1. The number of hydrogen-bond acceptors (Lipinski definition) is 4. The number of halogens is 2. The van der Waals surface area contributed by atoms with Crippen LogP contribution < -0.4 is 4.74 Å². The number of hydrogen-bond donors (Lipinski definition) is 0. The van der Waals surface area contributed by atoms with Crippen molar-refractivity contribution in [3.63, 3.8) is 0 Å². The molecule has 0 saturated carbocycles. The minimum Gasteiger partial charge on any atom is -0.494 e. The minimum atomic E-state index is -0.509. The van der Waals surface area contributed by atoms with E-state index >= 15 is 0 Å². The van der Waals surface area contributed by atoms with Crippen molar-refractivity contribution in [1.29, 1.82) is 0 Å². The van der Waals surface area contributed by atoms with Crippen LogP contribution in [0.4, 0.5) is 0 Å². The van der Waals surface area contributed by atoms with Gasteiger partial charge in [0.2, 0.25) is 0 Å². The fraction of sp³-hybridized carbons (Fsp3) is 0.611. The average molecular weight is 376 g/mol. The lowest BCUT2D eigenvalue weighted by Gasteiger charge is -2.21. The predicted octanol–water partition coefficient (Wildman–Crippen LogP) is 5.06. The van der Waals surface area contributed by atoms with Crippen LogP contribution in [0.25, 0.3) is 0 Å². The standard InChI is InChI=1S/C18H27Cl2NO3/c1-4-6-10-21(11-7-5-2)12-13-24-18(22)16-14(19)8-9-15(20)17(16)23-3/h8-9H,4-7,10-13H2,1-3H3. The molecule has 6 heteroatoms. The molecule has 0 bridgehead atoms. The summed E-state index contributed by atoms with van der Waals surface area (Å²) in [6.07, 6.45) is 4.59. The molecule has 0 aliphatic carbocycles. The number of esters is 1. The van der Waals surface area contributed by atoms with Crippen molar-refractivity contribution in [2.45, 2.75) is 39.5 Å². The summed E-state index contributed by atoms with van der Waals surface area (Å²) in [6, 6.07) is 3.16. The lowest BCUT2D eigenvalue weighted by Crippen LogP contribution is -2.30. The van der Waals surface area contributed by atoms with Gasteiger partial charge in [-0.15, -0.1) is 0 Å². The van der Waals surface area contributed by atoms with Gasteiger partial charge in [-0.1, -0.05) is 49.9 Å². The van der Waals surface area contributed by atoms with Gasteiger partial charge in [0.15, 0.2) is 5.75 Å². The van der Waals surface area contributed by atoms with Gasteiger partial charge in [0, 0.05) is 6.54 Å². The summed E-state index contributed by atoms with van der Waals surface area (Å²) in [7, 11) is 1.45. The van der Waals surface area contributed by atoms with E-state index in [9.17, 15) is 4.79 Å². The third kappa shape index (κ3) is 6.50. The van der Waals surface area contributed by atoms with Crippen molar-refractivity contribution in [2.75, 3.05) is 33.4 Å². The molecule has 0 radical (unpaired) electrons. The second-order valence-electron chi connectivity index (χ2n) is 5.62. The van der Waals surface area contributed by atoms with Crippen LogP contribution in [0.3, 0.4) is 0 Å². The smallest absolute Gasteiger partial charge is 0.343 e. The van der Waals surface area contributed by atoms with Gasteiger partial charge in [0.05, 0.1) is 17.2 Å². The van der Waals surface area contributed by atoms with Gasteiger partial charge in [0.1, 0.15) is 12.2 Å². The summed E-state index contributed by atoms with van der Waals surface area (Å²) in [5.74, 6) is -0.256. The van der Waals surface area contributed by atoms with E-state index in [1.54, 1.807) is 12.1 Å². The Morgan fingerprint density at radius 2 is 1.62 bits per heavy atom. The van der Waals surface area contributed by atoms with E-state index in [1.165, 1.54) is 7.11 Å². The third-order valence-corrected chi connectivity index (χ3v) is 4.38. The fourth-order valence-corrected chi connectivity index (χ4v) is 2.82. The molecule has 4 nitrogen and oxygen atoms in total. The van der Waals surface area contributed by atoms with E-state index in [0.717, 1.165) is 38.8 Å². The first-order valence-corrected chi connectivity index (χ1v) is 9.22. The number of methoxy groups -OCH3 is 1. The maximum Gasteiger partial charge on any atom is 0.343 e. The number of ether oxygens (including phenoxy) is 2. The van der Waals surface area contributed by atoms with E-state index in [-0.39, 0.29) is 16.3 Å². The number of nitrogens with zero attached hydrogens (tertiary/aromatic N) is 1. The van der Waals surface area contributed by atoms with Gasteiger partial charge in [-0.05, 0) is 38.1 Å². The lowest BCUT2D eigenvalue weighted by molar-refractivity contribution is 0.0457. The molecule has 0 aromatic heterocycles. The summed E-state index contributed by atoms with van der Waals surface area (Å²) < 4.78 is 10.6.